The fourth-order valence-corrected chi connectivity index (χ4v) is 4.24. The topological polar surface area (TPSA) is 80.1 Å². The van der Waals surface area contributed by atoms with Crippen LogP contribution >= 0.6 is 0 Å². The van der Waals surface area contributed by atoms with Crippen molar-refractivity contribution < 1.29 is 22.4 Å². The lowest BCUT2D eigenvalue weighted by Gasteiger charge is -2.24. The van der Waals surface area contributed by atoms with Gasteiger partial charge in [-0.2, -0.15) is 4.31 Å². The van der Waals surface area contributed by atoms with Crippen LogP contribution in [0.3, 0.4) is 0 Å². The number of nitrogens with zero attached hydrogens (tertiary/aromatic N) is 2. The Labute approximate surface area is 136 Å². The molecule has 0 spiro atoms. The Balaban J connectivity index is 1.75. The lowest BCUT2D eigenvalue weighted by molar-refractivity contribution is 0.0705. The molecule has 0 radical (unpaired) electrons. The van der Waals surface area contributed by atoms with E-state index < -0.39 is 10.0 Å². The molecule has 0 N–H and O–H groups in total. The van der Waals surface area contributed by atoms with Crippen LogP contribution in [0.2, 0.25) is 0 Å². The summed E-state index contributed by atoms with van der Waals surface area (Å²) in [5.74, 6) is -0.130. The van der Waals surface area contributed by atoms with Gasteiger partial charge in [0, 0.05) is 26.2 Å². The fraction of sp³-hybridized carbons (Fsp3) is 0.667. The molecule has 23 heavy (non-hydrogen) atoms. The molecule has 0 atom stereocenters. The number of sulfonamides is 1. The number of hydrogen-bond acceptors (Lipinski definition) is 5. The quantitative estimate of drug-likeness (QED) is 0.827. The van der Waals surface area contributed by atoms with Gasteiger partial charge in [-0.1, -0.05) is 12.8 Å². The highest BCUT2D eigenvalue weighted by Gasteiger charge is 2.30. The van der Waals surface area contributed by atoms with Gasteiger partial charge in [-0.3, -0.25) is 4.79 Å². The maximum atomic E-state index is 12.5. The van der Waals surface area contributed by atoms with Crippen molar-refractivity contribution in [2.45, 2.75) is 30.8 Å². The van der Waals surface area contributed by atoms with Crippen LogP contribution in [0.25, 0.3) is 0 Å². The van der Waals surface area contributed by atoms with Crippen molar-refractivity contribution in [3.8, 4) is 0 Å². The van der Waals surface area contributed by atoms with E-state index in [9.17, 15) is 13.2 Å². The zero-order chi connectivity index (χ0) is 16.3. The van der Waals surface area contributed by atoms with Crippen molar-refractivity contribution in [3.63, 3.8) is 0 Å². The first kappa shape index (κ1) is 16.5. The maximum Gasteiger partial charge on any atom is 0.289 e. The molecule has 2 fully saturated rings. The minimum absolute atomic E-state index is 0.0961. The summed E-state index contributed by atoms with van der Waals surface area (Å²) in [5, 5.41) is -0.169. The first-order valence-corrected chi connectivity index (χ1v) is 9.50. The fourth-order valence-electron chi connectivity index (χ4n) is 2.92. The second-order valence-electron chi connectivity index (χ2n) is 5.84. The Bertz CT molecular complexity index is 641. The second kappa shape index (κ2) is 7.02. The summed E-state index contributed by atoms with van der Waals surface area (Å²) in [6.07, 6.45) is 4.20. The van der Waals surface area contributed by atoms with E-state index in [1.165, 1.54) is 16.4 Å². The van der Waals surface area contributed by atoms with E-state index in [0.29, 0.717) is 39.4 Å². The highest BCUT2D eigenvalue weighted by Crippen LogP contribution is 2.21. The number of furan rings is 1. The average Bonchev–Trinajstić information content (AvgIpc) is 2.92. The first-order valence-electron chi connectivity index (χ1n) is 8.06. The molecule has 1 amide bonds. The van der Waals surface area contributed by atoms with Crippen LogP contribution in [0.5, 0.6) is 0 Å². The van der Waals surface area contributed by atoms with Crippen LogP contribution < -0.4 is 0 Å². The molecule has 2 aliphatic rings. The van der Waals surface area contributed by atoms with E-state index in [4.69, 9.17) is 9.15 Å². The molecule has 128 valence electrons. The molecule has 0 aliphatic carbocycles. The molecule has 0 unspecified atom stereocenters. The highest BCUT2D eigenvalue weighted by molar-refractivity contribution is 7.89. The molecule has 3 rings (SSSR count). The maximum absolute atomic E-state index is 12.5. The van der Waals surface area contributed by atoms with Crippen molar-refractivity contribution in [2.24, 2.45) is 0 Å². The number of carbonyl (C=O) groups excluding carboxylic acids is 1. The number of morpholine rings is 1. The third-order valence-electron chi connectivity index (χ3n) is 4.25. The second-order valence-corrected chi connectivity index (χ2v) is 7.71. The molecule has 1 aromatic heterocycles. The van der Waals surface area contributed by atoms with Gasteiger partial charge in [-0.15, -0.1) is 0 Å². The van der Waals surface area contributed by atoms with Gasteiger partial charge in [0.15, 0.2) is 5.76 Å². The van der Waals surface area contributed by atoms with Crippen molar-refractivity contribution in [1.29, 1.82) is 0 Å². The van der Waals surface area contributed by atoms with Crippen LogP contribution in [0.15, 0.2) is 21.6 Å². The predicted octanol–water partition coefficient (Wildman–Crippen LogP) is 1.32. The monoisotopic (exact) mass is 342 g/mol. The van der Waals surface area contributed by atoms with Gasteiger partial charge in [0.25, 0.3) is 15.9 Å². The molecular formula is C15H22N2O5S. The van der Waals surface area contributed by atoms with Crippen LogP contribution in [0.1, 0.15) is 36.2 Å². The van der Waals surface area contributed by atoms with Gasteiger partial charge in [0.2, 0.25) is 5.09 Å². The Morgan fingerprint density at radius 1 is 0.957 bits per heavy atom. The molecule has 8 heteroatoms. The van der Waals surface area contributed by atoms with Gasteiger partial charge in [-0.05, 0) is 25.0 Å². The van der Waals surface area contributed by atoms with Gasteiger partial charge < -0.3 is 14.1 Å². The standard InChI is InChI=1S/C15H22N2O5S/c18-15(16-7-3-1-2-4-8-16)13-5-6-14(22-13)23(19,20)17-9-11-21-12-10-17/h5-6H,1-4,7-12H2. The van der Waals surface area contributed by atoms with Crippen LogP contribution in [-0.4, -0.2) is 62.9 Å². The molecule has 2 saturated heterocycles. The lowest BCUT2D eigenvalue weighted by Crippen LogP contribution is -2.40. The predicted molar refractivity (Wildman–Crippen MR) is 82.7 cm³/mol. The molecule has 0 bridgehead atoms. The molecule has 3 heterocycles. The summed E-state index contributed by atoms with van der Waals surface area (Å²) in [5.41, 5.74) is 0. The van der Waals surface area contributed by atoms with Gasteiger partial charge in [-0.25, -0.2) is 8.42 Å². The van der Waals surface area contributed by atoms with Gasteiger partial charge in [0.1, 0.15) is 0 Å². The number of rotatable bonds is 3. The van der Waals surface area contributed by atoms with Crippen LogP contribution in [0.4, 0.5) is 0 Å². The number of ether oxygens (including phenoxy) is 1. The van der Waals surface area contributed by atoms with E-state index >= 15 is 0 Å². The van der Waals surface area contributed by atoms with Crippen molar-refractivity contribution >= 4 is 15.9 Å². The summed E-state index contributed by atoms with van der Waals surface area (Å²) in [4.78, 5) is 14.2. The minimum atomic E-state index is -3.70. The van der Waals surface area contributed by atoms with E-state index in [1.54, 1.807) is 4.90 Å². The molecular weight excluding hydrogens is 320 g/mol. The SMILES string of the molecule is O=C(c1ccc(S(=O)(=O)N2CCOCC2)o1)N1CCCCCC1. The average molecular weight is 342 g/mol. The van der Waals surface area contributed by atoms with Gasteiger partial charge in [0.05, 0.1) is 13.2 Å². The molecule has 7 nitrogen and oxygen atoms in total. The summed E-state index contributed by atoms with van der Waals surface area (Å²) in [7, 11) is -3.70. The Hall–Kier alpha value is -1.38. The largest absolute Gasteiger partial charge is 0.438 e. The lowest BCUT2D eigenvalue weighted by atomic mass is 10.2. The van der Waals surface area contributed by atoms with E-state index in [1.807, 2.05) is 0 Å². The molecule has 0 saturated carbocycles. The van der Waals surface area contributed by atoms with Crippen molar-refractivity contribution in [1.82, 2.24) is 9.21 Å². The number of carbonyl (C=O) groups is 1. The number of hydrogen-bond donors (Lipinski definition) is 0. The van der Waals surface area contributed by atoms with Crippen molar-refractivity contribution in [3.05, 3.63) is 17.9 Å². The highest BCUT2D eigenvalue weighted by atomic mass is 32.2. The summed E-state index contributed by atoms with van der Waals surface area (Å²) in [6.45, 7) is 2.76. The third-order valence-corrected chi connectivity index (χ3v) is 6.02. The summed E-state index contributed by atoms with van der Waals surface area (Å²) in [6, 6.07) is 2.83. The van der Waals surface area contributed by atoms with Crippen LogP contribution in [-0.2, 0) is 14.8 Å². The number of amides is 1. The van der Waals surface area contributed by atoms with Crippen molar-refractivity contribution in [2.75, 3.05) is 39.4 Å². The zero-order valence-electron chi connectivity index (χ0n) is 13.1. The van der Waals surface area contributed by atoms with E-state index in [-0.39, 0.29) is 16.8 Å². The Morgan fingerprint density at radius 2 is 1.61 bits per heavy atom. The molecule has 1 aromatic rings. The molecule has 2 aliphatic heterocycles. The molecule has 0 aromatic carbocycles. The number of likely N-dealkylation sites (tertiary alicyclic amines) is 1. The summed E-state index contributed by atoms with van der Waals surface area (Å²) >= 11 is 0. The Kier molecular flexibility index (Phi) is 5.03. The summed E-state index contributed by atoms with van der Waals surface area (Å²) < 4.78 is 36.9. The third kappa shape index (κ3) is 3.59. The zero-order valence-corrected chi connectivity index (χ0v) is 13.9. The van der Waals surface area contributed by atoms with E-state index in [2.05, 4.69) is 0 Å². The Morgan fingerprint density at radius 3 is 2.26 bits per heavy atom. The smallest absolute Gasteiger partial charge is 0.289 e. The van der Waals surface area contributed by atoms with Crippen LogP contribution in [0, 0.1) is 0 Å². The van der Waals surface area contributed by atoms with Gasteiger partial charge >= 0.3 is 0 Å². The van der Waals surface area contributed by atoms with E-state index in [0.717, 1.165) is 25.7 Å². The normalized spacial score (nSPS) is 21.1. The first-order chi connectivity index (χ1) is 11.1. The minimum Gasteiger partial charge on any atom is -0.438 e.